The van der Waals surface area contributed by atoms with E-state index in [0.717, 1.165) is 16.6 Å². The van der Waals surface area contributed by atoms with E-state index in [0.29, 0.717) is 17.9 Å². The maximum absolute atomic E-state index is 11.2. The number of carboxylic acid groups (broad SMARTS) is 1. The highest BCUT2D eigenvalue weighted by Crippen LogP contribution is 2.16. The van der Waals surface area contributed by atoms with Crippen LogP contribution in [0, 0.1) is 13.8 Å². The van der Waals surface area contributed by atoms with E-state index >= 15 is 0 Å². The number of hydrogen-bond donors (Lipinski definition) is 1. The van der Waals surface area contributed by atoms with Gasteiger partial charge in [0, 0.05) is 5.39 Å². The van der Waals surface area contributed by atoms with Crippen LogP contribution >= 0.6 is 0 Å². The molecule has 0 amide bonds. The zero-order chi connectivity index (χ0) is 15.0. The molecule has 3 aromatic rings. The van der Waals surface area contributed by atoms with Crippen molar-refractivity contribution in [3.8, 4) is 0 Å². The average Bonchev–Trinajstić information content (AvgIpc) is 2.73. The molecular weight excluding hydrogens is 266 g/mol. The lowest BCUT2D eigenvalue weighted by Crippen LogP contribution is -2.07. The molecule has 0 aliphatic rings. The SMILES string of the molecule is Cc1nn(Cc2ccc3ccccc3n2)c(C)c1C(=O)O. The van der Waals surface area contributed by atoms with Crippen LogP contribution < -0.4 is 0 Å². The van der Waals surface area contributed by atoms with Crippen LogP contribution in [0.1, 0.15) is 27.4 Å². The number of rotatable bonds is 3. The van der Waals surface area contributed by atoms with E-state index in [-0.39, 0.29) is 5.56 Å². The molecule has 2 aromatic heterocycles. The van der Waals surface area contributed by atoms with Crippen LogP contribution in [0.15, 0.2) is 36.4 Å². The molecule has 0 saturated heterocycles. The number of aryl methyl sites for hydroxylation is 1. The minimum atomic E-state index is -0.942. The van der Waals surface area contributed by atoms with Crippen molar-refractivity contribution in [2.75, 3.05) is 0 Å². The molecule has 106 valence electrons. The third kappa shape index (κ3) is 2.38. The highest BCUT2D eigenvalue weighted by Gasteiger charge is 2.17. The first-order chi connectivity index (χ1) is 10.1. The third-order valence-corrected chi connectivity index (χ3v) is 3.56. The van der Waals surface area contributed by atoms with E-state index in [9.17, 15) is 9.90 Å². The van der Waals surface area contributed by atoms with Crippen molar-refractivity contribution in [1.82, 2.24) is 14.8 Å². The Morgan fingerprint density at radius 1 is 1.19 bits per heavy atom. The number of pyridine rings is 1. The van der Waals surface area contributed by atoms with Gasteiger partial charge in [0.25, 0.3) is 0 Å². The molecule has 1 aromatic carbocycles. The number of aromatic nitrogens is 3. The standard InChI is InChI=1S/C16H15N3O2/c1-10-15(16(20)21)11(2)19(18-10)9-13-8-7-12-5-3-4-6-14(12)17-13/h3-8H,9H2,1-2H3,(H,20,21). The van der Waals surface area contributed by atoms with Gasteiger partial charge in [0.05, 0.1) is 29.1 Å². The second-order valence-corrected chi connectivity index (χ2v) is 5.00. The molecule has 3 rings (SSSR count). The normalized spacial score (nSPS) is 11.0. The predicted octanol–water partition coefficient (Wildman–Crippen LogP) is 2.79. The largest absolute Gasteiger partial charge is 0.478 e. The van der Waals surface area contributed by atoms with Crippen LogP contribution in [0.5, 0.6) is 0 Å². The van der Waals surface area contributed by atoms with E-state index in [2.05, 4.69) is 10.1 Å². The van der Waals surface area contributed by atoms with Gasteiger partial charge in [0.2, 0.25) is 0 Å². The Labute approximate surface area is 121 Å². The summed E-state index contributed by atoms with van der Waals surface area (Å²) in [5.74, 6) is -0.942. The first-order valence-electron chi connectivity index (χ1n) is 6.68. The molecule has 21 heavy (non-hydrogen) atoms. The number of fused-ring (bicyclic) bond motifs is 1. The van der Waals surface area contributed by atoms with Gasteiger partial charge in [-0.2, -0.15) is 5.10 Å². The van der Waals surface area contributed by atoms with E-state index in [1.54, 1.807) is 18.5 Å². The molecule has 0 spiro atoms. The van der Waals surface area contributed by atoms with E-state index < -0.39 is 5.97 Å². The zero-order valence-electron chi connectivity index (χ0n) is 11.9. The smallest absolute Gasteiger partial charge is 0.339 e. The minimum Gasteiger partial charge on any atom is -0.478 e. The van der Waals surface area contributed by atoms with E-state index in [1.807, 2.05) is 36.4 Å². The van der Waals surface area contributed by atoms with Gasteiger partial charge >= 0.3 is 5.97 Å². The van der Waals surface area contributed by atoms with Crippen molar-refractivity contribution in [1.29, 1.82) is 0 Å². The van der Waals surface area contributed by atoms with Crippen molar-refractivity contribution >= 4 is 16.9 Å². The van der Waals surface area contributed by atoms with Crippen molar-refractivity contribution < 1.29 is 9.90 Å². The number of carboxylic acids is 1. The summed E-state index contributed by atoms with van der Waals surface area (Å²) in [5, 5.41) is 14.6. The molecule has 2 heterocycles. The Morgan fingerprint density at radius 3 is 2.67 bits per heavy atom. The lowest BCUT2D eigenvalue weighted by atomic mass is 10.2. The van der Waals surface area contributed by atoms with Gasteiger partial charge in [-0.05, 0) is 26.0 Å². The number of hydrogen-bond acceptors (Lipinski definition) is 3. The second-order valence-electron chi connectivity index (χ2n) is 5.00. The van der Waals surface area contributed by atoms with Gasteiger partial charge in [-0.3, -0.25) is 9.67 Å². The summed E-state index contributed by atoms with van der Waals surface area (Å²) >= 11 is 0. The van der Waals surface area contributed by atoms with Gasteiger partial charge in [-0.1, -0.05) is 24.3 Å². The number of benzene rings is 1. The number of aromatic carboxylic acids is 1. The Balaban J connectivity index is 1.99. The molecule has 0 saturated carbocycles. The summed E-state index contributed by atoms with van der Waals surface area (Å²) in [5.41, 5.74) is 3.23. The van der Waals surface area contributed by atoms with Crippen LogP contribution in [0.25, 0.3) is 10.9 Å². The maximum Gasteiger partial charge on any atom is 0.339 e. The van der Waals surface area contributed by atoms with Crippen molar-refractivity contribution in [2.24, 2.45) is 0 Å². The van der Waals surface area contributed by atoms with Crippen molar-refractivity contribution in [3.05, 3.63) is 59.0 Å². The summed E-state index contributed by atoms with van der Waals surface area (Å²) in [6.45, 7) is 3.94. The second kappa shape index (κ2) is 5.01. The fourth-order valence-electron chi connectivity index (χ4n) is 2.51. The average molecular weight is 281 g/mol. The molecule has 5 heteroatoms. The fraction of sp³-hybridized carbons (Fsp3) is 0.188. The maximum atomic E-state index is 11.2. The predicted molar refractivity (Wildman–Crippen MR) is 79.5 cm³/mol. The van der Waals surface area contributed by atoms with Gasteiger partial charge < -0.3 is 5.11 Å². The van der Waals surface area contributed by atoms with Crippen molar-refractivity contribution in [3.63, 3.8) is 0 Å². The highest BCUT2D eigenvalue weighted by atomic mass is 16.4. The third-order valence-electron chi connectivity index (χ3n) is 3.56. The lowest BCUT2D eigenvalue weighted by Gasteiger charge is -2.05. The summed E-state index contributed by atoms with van der Waals surface area (Å²) in [6.07, 6.45) is 0. The quantitative estimate of drug-likeness (QED) is 0.801. The molecule has 0 bridgehead atoms. The Bertz CT molecular complexity index is 837. The molecule has 5 nitrogen and oxygen atoms in total. The van der Waals surface area contributed by atoms with Crippen LogP contribution in [0.2, 0.25) is 0 Å². The Morgan fingerprint density at radius 2 is 1.95 bits per heavy atom. The molecule has 0 unspecified atom stereocenters. The molecule has 0 aliphatic carbocycles. The number of para-hydroxylation sites is 1. The van der Waals surface area contributed by atoms with Gasteiger partial charge in [0.15, 0.2) is 0 Å². The summed E-state index contributed by atoms with van der Waals surface area (Å²) < 4.78 is 1.69. The number of carbonyl (C=O) groups is 1. The fourth-order valence-corrected chi connectivity index (χ4v) is 2.51. The first kappa shape index (κ1) is 13.3. The molecular formula is C16H15N3O2. The summed E-state index contributed by atoms with van der Waals surface area (Å²) in [7, 11) is 0. The monoisotopic (exact) mass is 281 g/mol. The topological polar surface area (TPSA) is 68.0 Å². The van der Waals surface area contributed by atoms with Crippen LogP contribution in [0.3, 0.4) is 0 Å². The van der Waals surface area contributed by atoms with Gasteiger partial charge in [0.1, 0.15) is 5.56 Å². The Kier molecular flexibility index (Phi) is 3.17. The molecule has 0 aliphatic heterocycles. The minimum absolute atomic E-state index is 0.274. The molecule has 0 fully saturated rings. The first-order valence-corrected chi connectivity index (χ1v) is 6.68. The summed E-state index contributed by atoms with van der Waals surface area (Å²) in [4.78, 5) is 15.8. The highest BCUT2D eigenvalue weighted by molar-refractivity contribution is 5.90. The van der Waals surface area contributed by atoms with Crippen molar-refractivity contribution in [2.45, 2.75) is 20.4 Å². The molecule has 0 radical (unpaired) electrons. The van der Waals surface area contributed by atoms with E-state index in [1.165, 1.54) is 0 Å². The zero-order valence-corrected chi connectivity index (χ0v) is 11.9. The van der Waals surface area contributed by atoms with E-state index in [4.69, 9.17) is 0 Å². The van der Waals surface area contributed by atoms with Crippen LogP contribution in [0.4, 0.5) is 0 Å². The van der Waals surface area contributed by atoms with Crippen LogP contribution in [-0.4, -0.2) is 25.8 Å². The number of nitrogens with zero attached hydrogens (tertiary/aromatic N) is 3. The molecule has 0 atom stereocenters. The lowest BCUT2D eigenvalue weighted by molar-refractivity contribution is 0.0695. The van der Waals surface area contributed by atoms with Gasteiger partial charge in [-0.15, -0.1) is 0 Å². The summed E-state index contributed by atoms with van der Waals surface area (Å²) in [6, 6.07) is 11.9. The Hall–Kier alpha value is -2.69. The van der Waals surface area contributed by atoms with Crippen LogP contribution in [-0.2, 0) is 6.54 Å². The molecule has 1 N–H and O–H groups in total. The van der Waals surface area contributed by atoms with Gasteiger partial charge in [-0.25, -0.2) is 4.79 Å².